The van der Waals surface area contributed by atoms with Crippen LogP contribution in [0.3, 0.4) is 0 Å². The molecule has 1 unspecified atom stereocenters. The molecule has 1 aliphatic rings. The first-order valence-electron chi connectivity index (χ1n) is 3.72. The van der Waals surface area contributed by atoms with Crippen molar-refractivity contribution in [1.29, 1.82) is 0 Å². The Morgan fingerprint density at radius 1 is 1.33 bits per heavy atom. The van der Waals surface area contributed by atoms with Gasteiger partial charge >= 0.3 is 58.4 Å². The van der Waals surface area contributed by atoms with E-state index in [1.54, 1.807) is 0 Å². The van der Waals surface area contributed by atoms with E-state index in [1.807, 2.05) is 0 Å². The third kappa shape index (κ3) is 3.91. The Labute approximate surface area is 112 Å². The van der Waals surface area contributed by atoms with Crippen molar-refractivity contribution in [3.8, 4) is 0 Å². The molecular weight excluding hydrogens is 195 g/mol. The van der Waals surface area contributed by atoms with E-state index in [1.165, 1.54) is 0 Å². The van der Waals surface area contributed by atoms with Gasteiger partial charge in [0.1, 0.15) is 5.78 Å². The summed E-state index contributed by atoms with van der Waals surface area (Å²) in [6, 6.07) is 0. The summed E-state index contributed by atoms with van der Waals surface area (Å²) < 4.78 is 36.1. The second kappa shape index (κ2) is 5.14. The molecule has 0 aliphatic heterocycles. The number of halogens is 3. The minimum absolute atomic E-state index is 0. The van der Waals surface area contributed by atoms with Gasteiger partial charge in [-0.15, -0.1) is 0 Å². The monoisotopic (exact) mass is 204 g/mol. The fourth-order valence-corrected chi connectivity index (χ4v) is 1.38. The normalized spacial score (nSPS) is 24.9. The number of carbonyl (C=O) groups is 1. The molecule has 6 heteroatoms. The fraction of sp³-hybridized carbons (Fsp3) is 0.833. The van der Waals surface area contributed by atoms with E-state index in [4.69, 9.17) is 0 Å². The molecule has 0 spiro atoms. The van der Waals surface area contributed by atoms with Crippen LogP contribution in [0.4, 0.5) is 12.9 Å². The zero-order chi connectivity index (χ0) is 8.48. The molecule has 1 atom stereocenters. The molecule has 1 rings (SSSR count). The number of ketones is 1. The number of hydrogen-bond acceptors (Lipinski definition) is 1. The molecule has 1 saturated carbocycles. The summed E-state index contributed by atoms with van der Waals surface area (Å²) in [6.07, 6.45) is 0.617. The predicted molar refractivity (Wildman–Crippen MR) is 36.3 cm³/mol. The maximum absolute atomic E-state index is 12.0. The van der Waals surface area contributed by atoms with Gasteiger partial charge in [-0.3, -0.25) is 4.79 Å². The third-order valence-electron chi connectivity index (χ3n) is 2.05. The summed E-state index contributed by atoms with van der Waals surface area (Å²) in [6.45, 7) is -4.78. The maximum atomic E-state index is 12.0. The standard InChI is InChI=1S/C6H9BF3O.K/c8-7(9,10)5-2-1-3-6(11)4-5;/h5H,1-4H2;/q-1;+1. The van der Waals surface area contributed by atoms with Crippen LogP contribution >= 0.6 is 0 Å². The van der Waals surface area contributed by atoms with E-state index in [0.29, 0.717) is 12.8 Å². The van der Waals surface area contributed by atoms with Gasteiger partial charge in [0.2, 0.25) is 0 Å². The van der Waals surface area contributed by atoms with Gasteiger partial charge in [0.05, 0.1) is 0 Å². The summed E-state index contributed by atoms with van der Waals surface area (Å²) >= 11 is 0. The van der Waals surface area contributed by atoms with Crippen LogP contribution in [0.5, 0.6) is 0 Å². The Morgan fingerprint density at radius 3 is 2.25 bits per heavy atom. The van der Waals surface area contributed by atoms with E-state index < -0.39 is 12.8 Å². The van der Waals surface area contributed by atoms with Crippen LogP contribution in [0.15, 0.2) is 0 Å². The fourth-order valence-electron chi connectivity index (χ4n) is 1.38. The van der Waals surface area contributed by atoms with Crippen molar-refractivity contribution in [1.82, 2.24) is 0 Å². The van der Waals surface area contributed by atoms with Crippen LogP contribution in [0, 0.1) is 0 Å². The van der Waals surface area contributed by atoms with Crippen molar-refractivity contribution in [3.63, 3.8) is 0 Å². The van der Waals surface area contributed by atoms with E-state index in [9.17, 15) is 17.7 Å². The predicted octanol–water partition coefficient (Wildman–Crippen LogP) is -0.649. The van der Waals surface area contributed by atoms with Crippen molar-refractivity contribution in [3.05, 3.63) is 0 Å². The summed E-state index contributed by atoms with van der Waals surface area (Å²) in [5.41, 5.74) is 0. The van der Waals surface area contributed by atoms with Crippen LogP contribution in [0.2, 0.25) is 5.82 Å². The first kappa shape index (κ1) is 13.2. The molecule has 0 heterocycles. The minimum Gasteiger partial charge on any atom is -0.449 e. The third-order valence-corrected chi connectivity index (χ3v) is 2.05. The number of Topliss-reactive ketones (excluding diaryl/α,β-unsaturated/α-hetero) is 1. The largest absolute Gasteiger partial charge is 1.00 e. The van der Waals surface area contributed by atoms with Crippen LogP contribution in [0.25, 0.3) is 0 Å². The van der Waals surface area contributed by atoms with E-state index in [0.717, 1.165) is 0 Å². The molecule has 0 aromatic heterocycles. The van der Waals surface area contributed by atoms with Gasteiger partial charge in [0, 0.05) is 6.42 Å². The van der Waals surface area contributed by atoms with E-state index in [2.05, 4.69) is 0 Å². The zero-order valence-electron chi connectivity index (χ0n) is 7.03. The SMILES string of the molecule is O=C1CCCC([B-](F)(F)F)C1.[K+]. The molecule has 0 saturated heterocycles. The number of carbonyl (C=O) groups excluding carboxylic acids is 1. The molecule has 1 nitrogen and oxygen atoms in total. The van der Waals surface area contributed by atoms with Crippen LogP contribution in [0.1, 0.15) is 25.7 Å². The number of rotatable bonds is 1. The van der Waals surface area contributed by atoms with Crippen LogP contribution in [-0.4, -0.2) is 12.8 Å². The minimum atomic E-state index is -4.78. The first-order chi connectivity index (χ1) is 5.00. The Morgan fingerprint density at radius 2 is 1.92 bits per heavy atom. The Balaban J connectivity index is 0.00000121. The Kier molecular flexibility index (Phi) is 5.64. The van der Waals surface area contributed by atoms with Crippen molar-refractivity contribution in [2.75, 3.05) is 0 Å². The zero-order valence-corrected chi connectivity index (χ0v) is 10.1. The van der Waals surface area contributed by atoms with Gasteiger partial charge in [0.25, 0.3) is 0 Å². The molecule has 1 fully saturated rings. The molecule has 64 valence electrons. The maximum Gasteiger partial charge on any atom is 1.00 e. The average Bonchev–Trinajstić information content (AvgIpc) is 1.86. The molecule has 0 amide bonds. The summed E-state index contributed by atoms with van der Waals surface area (Å²) in [4.78, 5) is 10.6. The molecular formula is C6H9BF3KO. The number of hydrogen-bond donors (Lipinski definition) is 0. The molecule has 0 bridgehead atoms. The molecule has 0 aromatic carbocycles. The van der Waals surface area contributed by atoms with Gasteiger partial charge in [0.15, 0.2) is 0 Å². The Hall–Kier alpha value is 1.16. The van der Waals surface area contributed by atoms with E-state index >= 15 is 0 Å². The van der Waals surface area contributed by atoms with Gasteiger partial charge in [-0.05, 0) is 12.8 Å². The topological polar surface area (TPSA) is 17.1 Å². The molecule has 0 aromatic rings. The van der Waals surface area contributed by atoms with Gasteiger partial charge < -0.3 is 12.9 Å². The van der Waals surface area contributed by atoms with Crippen molar-refractivity contribution >= 4 is 12.8 Å². The first-order valence-corrected chi connectivity index (χ1v) is 3.72. The summed E-state index contributed by atoms with van der Waals surface area (Å²) in [7, 11) is 0. The van der Waals surface area contributed by atoms with Gasteiger partial charge in [-0.25, -0.2) is 0 Å². The second-order valence-corrected chi connectivity index (χ2v) is 3.02. The van der Waals surface area contributed by atoms with Crippen molar-refractivity contribution < 1.29 is 69.1 Å². The summed E-state index contributed by atoms with van der Waals surface area (Å²) in [5.74, 6) is -1.54. The van der Waals surface area contributed by atoms with Crippen LogP contribution < -0.4 is 51.4 Å². The summed E-state index contributed by atoms with van der Waals surface area (Å²) in [5, 5.41) is 0. The molecule has 1 aliphatic carbocycles. The van der Waals surface area contributed by atoms with Crippen LogP contribution in [-0.2, 0) is 4.79 Å². The van der Waals surface area contributed by atoms with Crippen molar-refractivity contribution in [2.24, 2.45) is 0 Å². The van der Waals surface area contributed by atoms with Gasteiger partial charge in [-0.2, -0.15) is 0 Å². The van der Waals surface area contributed by atoms with Gasteiger partial charge in [-0.1, -0.05) is 12.2 Å². The quantitative estimate of drug-likeness (QED) is 0.519. The Bertz CT molecular complexity index is 171. The average molecular weight is 204 g/mol. The van der Waals surface area contributed by atoms with Crippen molar-refractivity contribution in [2.45, 2.75) is 31.5 Å². The smallest absolute Gasteiger partial charge is 0.449 e. The molecule has 0 N–H and O–H groups in total. The van der Waals surface area contributed by atoms with E-state index in [-0.39, 0.29) is 70.0 Å². The molecule has 0 radical (unpaired) electrons. The molecule has 12 heavy (non-hydrogen) atoms. The second-order valence-electron chi connectivity index (χ2n) is 3.02.